The molecule has 0 amide bonds. The van der Waals surface area contributed by atoms with Crippen molar-refractivity contribution in [3.8, 4) is 0 Å². The lowest BCUT2D eigenvalue weighted by atomic mass is 10.1. The highest BCUT2D eigenvalue weighted by Gasteiger charge is 2.26. The van der Waals surface area contributed by atoms with Crippen LogP contribution in [0.4, 0.5) is 5.82 Å². The van der Waals surface area contributed by atoms with Gasteiger partial charge in [-0.25, -0.2) is 4.57 Å². The summed E-state index contributed by atoms with van der Waals surface area (Å²) in [5, 5.41) is 11.1. The monoisotopic (exact) mass is 479 g/mol. The second-order valence-electron chi connectivity index (χ2n) is 4.16. The van der Waals surface area contributed by atoms with Crippen molar-refractivity contribution in [3.05, 3.63) is 53.2 Å². The van der Waals surface area contributed by atoms with Gasteiger partial charge in [0.1, 0.15) is 0 Å². The van der Waals surface area contributed by atoms with Crippen LogP contribution in [0, 0.1) is 17.0 Å². The van der Waals surface area contributed by atoms with E-state index in [2.05, 4.69) is 52.8 Å². The Labute approximate surface area is 145 Å². The second kappa shape index (κ2) is 6.37. The van der Waals surface area contributed by atoms with Crippen LogP contribution in [0.15, 0.2) is 31.7 Å². The average Bonchev–Trinajstić information content (AvgIpc) is 2.67. The molecule has 1 aromatic carbocycles. The third kappa shape index (κ3) is 3.41. The molecule has 1 heterocycles. The Bertz CT molecular complexity index is 743. The highest BCUT2D eigenvalue weighted by Crippen LogP contribution is 2.27. The van der Waals surface area contributed by atoms with Gasteiger partial charge in [0, 0.05) is 21.4 Å². The molecule has 0 aliphatic heterocycles. The molecule has 0 atom stereocenters. The maximum atomic E-state index is 12.4. The molecule has 0 spiro atoms. The van der Waals surface area contributed by atoms with E-state index in [0.717, 1.165) is 4.47 Å². The fourth-order valence-electron chi connectivity index (χ4n) is 1.82. The summed E-state index contributed by atoms with van der Waals surface area (Å²) in [6.07, 6.45) is 0. The number of rotatable bonds is 4. The maximum Gasteiger partial charge on any atom is 0.357 e. The maximum absolute atomic E-state index is 12.4. The normalized spacial score (nSPS) is 10.7. The number of halogens is 3. The van der Waals surface area contributed by atoms with Crippen molar-refractivity contribution < 1.29 is 9.72 Å². The first kappa shape index (κ1) is 16.3. The number of hydrogen-bond acceptors (Lipinski definition) is 4. The fraction of sp³-hybridized carbons (Fsp3) is 0.167. The summed E-state index contributed by atoms with van der Waals surface area (Å²) in [6.45, 7) is 1.46. The van der Waals surface area contributed by atoms with E-state index < -0.39 is 4.92 Å². The Hall–Kier alpha value is -1.06. The van der Waals surface area contributed by atoms with E-state index in [4.69, 9.17) is 0 Å². The molecule has 2 rings (SSSR count). The molecule has 0 bridgehead atoms. The van der Waals surface area contributed by atoms with Crippen LogP contribution in [0.1, 0.15) is 16.2 Å². The average molecular weight is 482 g/mol. The van der Waals surface area contributed by atoms with Crippen molar-refractivity contribution in [2.24, 2.45) is 0 Å². The zero-order chi connectivity index (χ0) is 15.7. The number of imidazole rings is 1. The van der Waals surface area contributed by atoms with Crippen molar-refractivity contribution in [2.45, 2.75) is 13.5 Å². The quantitative estimate of drug-likeness (QED) is 0.371. The molecular weight excluding hydrogens is 474 g/mol. The van der Waals surface area contributed by atoms with Gasteiger partial charge < -0.3 is 10.1 Å². The lowest BCUT2D eigenvalue weighted by Gasteiger charge is -2.05. The van der Waals surface area contributed by atoms with Crippen molar-refractivity contribution in [2.75, 3.05) is 0 Å². The molecule has 0 aliphatic rings. The minimum atomic E-state index is -0.562. The predicted octanol–water partition coefficient (Wildman–Crippen LogP) is 4.27. The molecule has 2 aromatic rings. The van der Waals surface area contributed by atoms with Gasteiger partial charge in [-0.3, -0.25) is 4.79 Å². The van der Waals surface area contributed by atoms with Crippen LogP contribution in [0.2, 0.25) is 0 Å². The van der Waals surface area contributed by atoms with Crippen LogP contribution < -0.4 is 0 Å². The number of nitrogens with zero attached hydrogens (tertiary/aromatic N) is 3. The summed E-state index contributed by atoms with van der Waals surface area (Å²) in [4.78, 5) is 26.9. The molecular formula is C12H8Br3N3O3. The van der Waals surface area contributed by atoms with Gasteiger partial charge in [0.15, 0.2) is 12.4 Å². The Morgan fingerprint density at radius 2 is 2.05 bits per heavy atom. The van der Waals surface area contributed by atoms with Crippen molar-refractivity contribution >= 4 is 59.4 Å². The highest BCUT2D eigenvalue weighted by atomic mass is 79.9. The molecule has 0 saturated heterocycles. The number of benzene rings is 1. The lowest BCUT2D eigenvalue weighted by molar-refractivity contribution is -0.392. The summed E-state index contributed by atoms with van der Waals surface area (Å²) in [5.41, 5.74) is 0.447. The highest BCUT2D eigenvalue weighted by molar-refractivity contribution is 9.11. The molecule has 21 heavy (non-hydrogen) atoms. The van der Waals surface area contributed by atoms with Crippen LogP contribution in [-0.4, -0.2) is 20.3 Å². The molecule has 0 N–H and O–H groups in total. The zero-order valence-corrected chi connectivity index (χ0v) is 15.4. The van der Waals surface area contributed by atoms with Gasteiger partial charge in [0.2, 0.25) is 10.4 Å². The zero-order valence-electron chi connectivity index (χ0n) is 10.6. The Morgan fingerprint density at radius 1 is 1.38 bits per heavy atom. The van der Waals surface area contributed by atoms with Crippen LogP contribution in [0.25, 0.3) is 0 Å². The minimum absolute atomic E-state index is 0.117. The van der Waals surface area contributed by atoms with E-state index in [1.54, 1.807) is 25.1 Å². The first-order chi connectivity index (χ1) is 9.81. The number of carbonyl (C=O) groups excluding carboxylic acids is 1. The third-order valence-electron chi connectivity index (χ3n) is 2.79. The molecule has 9 heteroatoms. The number of aryl methyl sites for hydroxylation is 1. The number of Topliss-reactive ketones (excluding diaryl/α,β-unsaturated/α-hetero) is 1. The van der Waals surface area contributed by atoms with Gasteiger partial charge in [0.05, 0.1) is 0 Å². The summed E-state index contributed by atoms with van der Waals surface area (Å²) < 4.78 is 2.79. The Kier molecular flexibility index (Phi) is 4.95. The van der Waals surface area contributed by atoms with Crippen molar-refractivity contribution in [3.63, 3.8) is 0 Å². The van der Waals surface area contributed by atoms with E-state index in [-0.39, 0.29) is 22.7 Å². The van der Waals surface area contributed by atoms with Crippen LogP contribution in [0.5, 0.6) is 0 Å². The van der Waals surface area contributed by atoms with Crippen molar-refractivity contribution in [1.82, 2.24) is 9.55 Å². The Morgan fingerprint density at radius 3 is 2.67 bits per heavy atom. The predicted molar refractivity (Wildman–Crippen MR) is 87.5 cm³/mol. The smallest absolute Gasteiger partial charge is 0.357 e. The molecule has 0 saturated carbocycles. The van der Waals surface area contributed by atoms with Crippen LogP contribution in [-0.2, 0) is 6.54 Å². The summed E-state index contributed by atoms with van der Waals surface area (Å²) in [5.74, 6) is -0.0840. The van der Waals surface area contributed by atoms with Gasteiger partial charge in [0.25, 0.3) is 0 Å². The summed E-state index contributed by atoms with van der Waals surface area (Å²) in [6, 6.07) is 5.20. The molecule has 6 nitrogen and oxygen atoms in total. The van der Waals surface area contributed by atoms with Gasteiger partial charge in [-0.15, -0.1) is 0 Å². The fourth-order valence-corrected chi connectivity index (χ4v) is 3.26. The standard InChI is InChI=1S/C12H8Br3N3O3/c1-6-16-11(15)12(18(20)21)17(6)5-10(19)8-4-7(13)2-3-9(8)14/h2-4H,5H2,1H3. The topological polar surface area (TPSA) is 78.0 Å². The number of aromatic nitrogens is 2. The number of carbonyl (C=O) groups is 1. The van der Waals surface area contributed by atoms with Crippen LogP contribution in [0.3, 0.4) is 0 Å². The molecule has 0 aliphatic carbocycles. The van der Waals surface area contributed by atoms with E-state index >= 15 is 0 Å². The van der Waals surface area contributed by atoms with Crippen LogP contribution >= 0.6 is 47.8 Å². The lowest BCUT2D eigenvalue weighted by Crippen LogP contribution is -2.14. The van der Waals surface area contributed by atoms with E-state index in [1.807, 2.05) is 0 Å². The number of nitro groups is 1. The van der Waals surface area contributed by atoms with Gasteiger partial charge in [-0.2, -0.15) is 4.98 Å². The van der Waals surface area contributed by atoms with E-state index in [9.17, 15) is 14.9 Å². The summed E-state index contributed by atoms with van der Waals surface area (Å²) in [7, 11) is 0. The van der Waals surface area contributed by atoms with E-state index in [1.165, 1.54) is 4.57 Å². The van der Waals surface area contributed by atoms with Gasteiger partial charge in [-0.05, 0) is 39.1 Å². The molecule has 1 aromatic heterocycles. The summed E-state index contributed by atoms with van der Waals surface area (Å²) >= 11 is 9.64. The molecule has 110 valence electrons. The number of hydrogen-bond donors (Lipinski definition) is 0. The molecule has 0 unspecified atom stereocenters. The first-order valence-electron chi connectivity index (χ1n) is 5.66. The third-order valence-corrected chi connectivity index (χ3v) is 4.51. The largest absolute Gasteiger partial charge is 0.358 e. The minimum Gasteiger partial charge on any atom is -0.358 e. The van der Waals surface area contributed by atoms with E-state index in [0.29, 0.717) is 15.9 Å². The first-order valence-corrected chi connectivity index (χ1v) is 8.04. The Balaban J connectivity index is 2.41. The second-order valence-corrected chi connectivity index (χ2v) is 6.69. The SMILES string of the molecule is Cc1nc(Br)c([N+](=O)[O-])n1CC(=O)c1cc(Br)ccc1Br. The molecule has 0 fully saturated rings. The van der Waals surface area contributed by atoms with Crippen molar-refractivity contribution in [1.29, 1.82) is 0 Å². The number of ketones is 1. The van der Waals surface area contributed by atoms with Gasteiger partial charge >= 0.3 is 5.82 Å². The molecule has 0 radical (unpaired) electrons. The van der Waals surface area contributed by atoms with Gasteiger partial charge in [-0.1, -0.05) is 31.9 Å².